The van der Waals surface area contributed by atoms with Crippen LogP contribution in [0.5, 0.6) is 0 Å². The lowest BCUT2D eigenvalue weighted by Gasteiger charge is -2.33. The van der Waals surface area contributed by atoms with E-state index in [0.29, 0.717) is 22.3 Å². The quantitative estimate of drug-likeness (QED) is 0.399. The number of aliphatic carboxylic acids is 1. The van der Waals surface area contributed by atoms with E-state index in [9.17, 15) is 14.4 Å². The van der Waals surface area contributed by atoms with E-state index in [2.05, 4.69) is 20.4 Å². The zero-order valence-electron chi connectivity index (χ0n) is 18.5. The van der Waals surface area contributed by atoms with Gasteiger partial charge in [-0.25, -0.2) is 4.79 Å². The minimum atomic E-state index is -1.11. The van der Waals surface area contributed by atoms with Crippen molar-refractivity contribution in [3.63, 3.8) is 0 Å². The van der Waals surface area contributed by atoms with Crippen molar-refractivity contribution < 1.29 is 24.3 Å². The molecule has 11 heteroatoms. The number of carbonyl (C=O) groups is 3. The van der Waals surface area contributed by atoms with E-state index in [1.165, 1.54) is 0 Å². The number of rotatable bonds is 8. The highest BCUT2D eigenvalue weighted by Gasteiger charge is 2.27. The van der Waals surface area contributed by atoms with Crippen molar-refractivity contribution in [1.82, 2.24) is 10.2 Å². The second-order valence-electron chi connectivity index (χ2n) is 8.25. The number of benzene rings is 2. The van der Waals surface area contributed by atoms with Crippen LogP contribution >= 0.6 is 23.2 Å². The lowest BCUT2D eigenvalue weighted by atomic mass is 9.84. The highest BCUT2D eigenvalue weighted by molar-refractivity contribution is 6.35. The van der Waals surface area contributed by atoms with Gasteiger partial charge in [0.15, 0.2) is 0 Å². The minimum absolute atomic E-state index is 0.00297. The Labute approximate surface area is 207 Å². The largest absolute Gasteiger partial charge is 0.481 e. The standard InChI is InChI=1S/C23H26Cl2N4O5/c1-29-11-18(17-8-14(24)9-20(25)19(17)12-29)13-3-2-4-15(7-13)27-23(33)28-16(10-21(30)31)5-6-22(32)34-26/h2-4,7-9,16,18H,5-6,10-12,26H2,1H3,(H,30,31)(H2,27,28,33)/t16-,18?/m0/s1. The predicted octanol–water partition coefficient (Wildman–Crippen LogP) is 3.73. The Balaban J connectivity index is 1.75. The molecule has 1 heterocycles. The van der Waals surface area contributed by atoms with Gasteiger partial charge in [0.1, 0.15) is 0 Å². The van der Waals surface area contributed by atoms with E-state index < -0.39 is 24.0 Å². The van der Waals surface area contributed by atoms with Crippen LogP contribution in [0.25, 0.3) is 0 Å². The second-order valence-corrected chi connectivity index (χ2v) is 9.10. The van der Waals surface area contributed by atoms with Gasteiger partial charge in [0.25, 0.3) is 0 Å². The Hall–Kier alpha value is -2.85. The van der Waals surface area contributed by atoms with Crippen LogP contribution in [0, 0.1) is 0 Å². The maximum atomic E-state index is 12.5. The predicted molar refractivity (Wildman–Crippen MR) is 129 cm³/mol. The van der Waals surface area contributed by atoms with E-state index in [-0.39, 0.29) is 25.2 Å². The molecule has 2 aromatic rings. The summed E-state index contributed by atoms with van der Waals surface area (Å²) in [7, 11) is 2.01. The van der Waals surface area contributed by atoms with Crippen LogP contribution in [0.2, 0.25) is 10.0 Å². The van der Waals surface area contributed by atoms with Crippen molar-refractivity contribution >= 4 is 46.9 Å². The summed E-state index contributed by atoms with van der Waals surface area (Å²) in [5.41, 5.74) is 3.57. The van der Waals surface area contributed by atoms with Gasteiger partial charge in [-0.15, -0.1) is 0 Å². The molecule has 0 bridgehead atoms. The molecular weight excluding hydrogens is 483 g/mol. The van der Waals surface area contributed by atoms with Crippen LogP contribution in [-0.4, -0.2) is 47.6 Å². The number of hydrogen-bond acceptors (Lipinski definition) is 6. The molecule has 2 atom stereocenters. The maximum Gasteiger partial charge on any atom is 0.324 e. The fourth-order valence-corrected chi connectivity index (χ4v) is 4.67. The second kappa shape index (κ2) is 11.5. The number of carboxylic acids is 1. The van der Waals surface area contributed by atoms with Gasteiger partial charge < -0.3 is 25.5 Å². The first-order chi connectivity index (χ1) is 16.2. The Bertz CT molecular complexity index is 1080. The number of hydrogen-bond donors (Lipinski definition) is 4. The maximum absolute atomic E-state index is 12.5. The molecule has 0 saturated heterocycles. The molecule has 9 nitrogen and oxygen atoms in total. The van der Waals surface area contributed by atoms with Gasteiger partial charge in [-0.2, -0.15) is 5.90 Å². The molecule has 5 N–H and O–H groups in total. The van der Waals surface area contributed by atoms with Crippen molar-refractivity contribution in [2.75, 3.05) is 18.9 Å². The number of amides is 2. The van der Waals surface area contributed by atoms with Gasteiger partial charge in [0.05, 0.1) is 6.42 Å². The molecule has 2 amide bonds. The number of carbonyl (C=O) groups excluding carboxylic acids is 2. The Morgan fingerprint density at radius 2 is 2.03 bits per heavy atom. The van der Waals surface area contributed by atoms with Crippen molar-refractivity contribution in [1.29, 1.82) is 0 Å². The fraction of sp³-hybridized carbons (Fsp3) is 0.348. The molecule has 0 spiro atoms. The van der Waals surface area contributed by atoms with Crippen molar-refractivity contribution in [2.24, 2.45) is 5.90 Å². The van der Waals surface area contributed by atoms with Crippen LogP contribution in [0.4, 0.5) is 10.5 Å². The summed E-state index contributed by atoms with van der Waals surface area (Å²) in [4.78, 5) is 41.2. The number of halogens is 2. The van der Waals surface area contributed by atoms with Crippen molar-refractivity contribution in [3.8, 4) is 0 Å². The number of carboxylic acid groups (broad SMARTS) is 1. The van der Waals surface area contributed by atoms with Crippen LogP contribution in [-0.2, 0) is 21.0 Å². The summed E-state index contributed by atoms with van der Waals surface area (Å²) in [6.45, 7) is 1.46. The van der Waals surface area contributed by atoms with E-state index in [0.717, 1.165) is 23.2 Å². The minimum Gasteiger partial charge on any atom is -0.481 e. The number of nitrogens with zero attached hydrogens (tertiary/aromatic N) is 1. The van der Waals surface area contributed by atoms with Gasteiger partial charge in [-0.3, -0.25) is 9.59 Å². The third-order valence-electron chi connectivity index (χ3n) is 5.62. The summed E-state index contributed by atoms with van der Waals surface area (Å²) < 4.78 is 0. The first-order valence-electron chi connectivity index (χ1n) is 10.6. The Morgan fingerprint density at radius 1 is 1.26 bits per heavy atom. The Morgan fingerprint density at radius 3 is 2.74 bits per heavy atom. The van der Waals surface area contributed by atoms with Crippen LogP contribution in [0.1, 0.15) is 41.9 Å². The van der Waals surface area contributed by atoms with Gasteiger partial charge in [-0.05, 0) is 54.4 Å². The number of fused-ring (bicyclic) bond motifs is 1. The first kappa shape index (κ1) is 25.8. The summed E-state index contributed by atoms with van der Waals surface area (Å²) in [5, 5.41) is 15.6. The molecule has 182 valence electrons. The lowest BCUT2D eigenvalue weighted by Crippen LogP contribution is -2.39. The van der Waals surface area contributed by atoms with Crippen LogP contribution < -0.4 is 16.5 Å². The molecule has 2 aromatic carbocycles. The van der Waals surface area contributed by atoms with Gasteiger partial charge >= 0.3 is 18.0 Å². The van der Waals surface area contributed by atoms with Gasteiger partial charge in [0, 0.05) is 47.2 Å². The molecular formula is C23H26Cl2N4O5. The van der Waals surface area contributed by atoms with E-state index in [1.807, 2.05) is 31.3 Å². The number of nitrogens with two attached hydrogens (primary N) is 1. The SMILES string of the molecule is CN1Cc2c(Cl)cc(Cl)cc2C(c2cccc(NC(=O)N[C@@H](CCC(=O)ON)CC(=O)O)c2)C1. The average molecular weight is 509 g/mol. The lowest BCUT2D eigenvalue weighted by molar-refractivity contribution is -0.145. The molecule has 1 aliphatic heterocycles. The summed E-state index contributed by atoms with van der Waals surface area (Å²) in [5.74, 6) is 3.01. The number of likely N-dealkylation sites (N-methyl/N-ethyl adjacent to an activating group) is 1. The molecule has 34 heavy (non-hydrogen) atoms. The molecule has 0 radical (unpaired) electrons. The van der Waals surface area contributed by atoms with E-state index in [4.69, 9.17) is 34.2 Å². The molecule has 0 aromatic heterocycles. The molecule has 1 aliphatic rings. The zero-order valence-corrected chi connectivity index (χ0v) is 20.0. The van der Waals surface area contributed by atoms with Crippen molar-refractivity contribution in [3.05, 3.63) is 63.1 Å². The summed E-state index contributed by atoms with van der Waals surface area (Å²) >= 11 is 12.7. The Kier molecular flexibility index (Phi) is 8.73. The van der Waals surface area contributed by atoms with Crippen LogP contribution in [0.3, 0.4) is 0 Å². The normalized spacial score (nSPS) is 16.3. The average Bonchev–Trinajstić information content (AvgIpc) is 2.77. The molecule has 0 saturated carbocycles. The number of anilines is 1. The highest BCUT2D eigenvalue weighted by Crippen LogP contribution is 2.38. The molecule has 1 unspecified atom stereocenters. The molecule has 0 fully saturated rings. The smallest absolute Gasteiger partial charge is 0.324 e. The highest BCUT2D eigenvalue weighted by atomic mass is 35.5. The van der Waals surface area contributed by atoms with Gasteiger partial charge in [0.2, 0.25) is 0 Å². The third kappa shape index (κ3) is 6.83. The zero-order chi connectivity index (χ0) is 24.8. The van der Waals surface area contributed by atoms with Crippen LogP contribution in [0.15, 0.2) is 36.4 Å². The van der Waals surface area contributed by atoms with E-state index >= 15 is 0 Å². The summed E-state index contributed by atoms with van der Waals surface area (Å²) in [6, 6.07) is 9.70. The third-order valence-corrected chi connectivity index (χ3v) is 6.18. The number of urea groups is 1. The van der Waals surface area contributed by atoms with E-state index in [1.54, 1.807) is 12.1 Å². The molecule has 3 rings (SSSR count). The topological polar surface area (TPSA) is 134 Å². The van der Waals surface area contributed by atoms with Crippen molar-refractivity contribution in [2.45, 2.75) is 37.8 Å². The number of nitrogens with one attached hydrogen (secondary N) is 2. The first-order valence-corrected chi connectivity index (χ1v) is 11.4. The molecule has 0 aliphatic carbocycles. The monoisotopic (exact) mass is 508 g/mol. The van der Waals surface area contributed by atoms with Gasteiger partial charge in [-0.1, -0.05) is 35.3 Å². The summed E-state index contributed by atoms with van der Waals surface area (Å²) in [6.07, 6.45) is -0.398. The fourth-order valence-electron chi connectivity index (χ4n) is 4.10.